The van der Waals surface area contributed by atoms with E-state index in [9.17, 15) is 4.79 Å². The number of nitrogens with two attached hydrogens (primary N) is 1. The highest BCUT2D eigenvalue weighted by molar-refractivity contribution is 5.76. The lowest BCUT2D eigenvalue weighted by Crippen LogP contribution is -2.37. The van der Waals surface area contributed by atoms with Crippen molar-refractivity contribution in [2.24, 2.45) is 11.7 Å². The third-order valence-electron chi connectivity index (χ3n) is 3.13. The number of carbonyl (C=O) groups excluding carboxylic acids is 1. The third-order valence-corrected chi connectivity index (χ3v) is 3.13. The Morgan fingerprint density at radius 2 is 2.13 bits per heavy atom. The highest BCUT2D eigenvalue weighted by Crippen LogP contribution is 2.22. The van der Waals surface area contributed by atoms with Crippen molar-refractivity contribution in [2.75, 3.05) is 0 Å². The third kappa shape index (κ3) is 5.17. The molecule has 0 bridgehead atoms. The number of hydrogen-bond acceptors (Lipinski definition) is 2. The second-order valence-corrected chi connectivity index (χ2v) is 5.06. The summed E-state index contributed by atoms with van der Waals surface area (Å²) in [5, 5.41) is 3.09. The first kappa shape index (κ1) is 12.5. The summed E-state index contributed by atoms with van der Waals surface area (Å²) in [4.78, 5) is 11.5. The number of amides is 1. The van der Waals surface area contributed by atoms with Crippen molar-refractivity contribution in [1.82, 2.24) is 5.32 Å². The molecule has 0 aromatic rings. The van der Waals surface area contributed by atoms with Crippen LogP contribution in [0.4, 0.5) is 0 Å². The summed E-state index contributed by atoms with van der Waals surface area (Å²) in [5.41, 5.74) is 5.59. The van der Waals surface area contributed by atoms with Gasteiger partial charge in [0.15, 0.2) is 0 Å². The molecule has 1 aliphatic rings. The molecule has 0 saturated heterocycles. The van der Waals surface area contributed by atoms with Gasteiger partial charge in [-0.05, 0) is 32.1 Å². The van der Waals surface area contributed by atoms with Gasteiger partial charge in [-0.15, -0.1) is 0 Å². The molecule has 3 heteroatoms. The molecule has 88 valence electrons. The number of hydrogen-bond donors (Lipinski definition) is 2. The van der Waals surface area contributed by atoms with E-state index in [1.165, 1.54) is 19.3 Å². The normalized spacial score (nSPS) is 29.3. The first-order valence-corrected chi connectivity index (χ1v) is 6.13. The van der Waals surface area contributed by atoms with Crippen LogP contribution in [0.1, 0.15) is 52.4 Å². The molecule has 1 saturated carbocycles. The molecular formula is C12H24N2O. The lowest BCUT2D eigenvalue weighted by Gasteiger charge is -2.17. The lowest BCUT2D eigenvalue weighted by atomic mass is 10.0. The maximum absolute atomic E-state index is 11.5. The highest BCUT2D eigenvalue weighted by Gasteiger charge is 2.17. The van der Waals surface area contributed by atoms with Gasteiger partial charge < -0.3 is 11.1 Å². The number of carbonyl (C=O) groups is 1. The summed E-state index contributed by atoms with van der Waals surface area (Å²) >= 11 is 0. The van der Waals surface area contributed by atoms with Gasteiger partial charge in [0.1, 0.15) is 0 Å². The largest absolute Gasteiger partial charge is 0.353 e. The van der Waals surface area contributed by atoms with Crippen molar-refractivity contribution in [3.63, 3.8) is 0 Å². The molecule has 0 aliphatic heterocycles. The monoisotopic (exact) mass is 212 g/mol. The molecule has 0 aromatic heterocycles. The first-order chi connectivity index (χ1) is 7.08. The van der Waals surface area contributed by atoms with Crippen LogP contribution >= 0.6 is 0 Å². The molecule has 0 spiro atoms. The van der Waals surface area contributed by atoms with Gasteiger partial charge >= 0.3 is 0 Å². The minimum absolute atomic E-state index is 0.0327. The minimum Gasteiger partial charge on any atom is -0.353 e. The molecule has 15 heavy (non-hydrogen) atoms. The Labute approximate surface area is 92.8 Å². The Morgan fingerprint density at radius 3 is 2.80 bits per heavy atom. The van der Waals surface area contributed by atoms with Crippen LogP contribution in [-0.4, -0.2) is 18.0 Å². The molecule has 1 aliphatic carbocycles. The van der Waals surface area contributed by atoms with Gasteiger partial charge in [-0.1, -0.05) is 19.8 Å². The minimum atomic E-state index is -0.0327. The highest BCUT2D eigenvalue weighted by atomic mass is 16.1. The van der Waals surface area contributed by atoms with Crippen molar-refractivity contribution >= 4 is 5.91 Å². The fraction of sp³-hybridized carbons (Fsp3) is 0.917. The van der Waals surface area contributed by atoms with E-state index in [2.05, 4.69) is 12.2 Å². The van der Waals surface area contributed by atoms with Crippen LogP contribution < -0.4 is 11.1 Å². The van der Waals surface area contributed by atoms with Gasteiger partial charge in [-0.2, -0.15) is 0 Å². The smallest absolute Gasteiger partial charge is 0.221 e. The van der Waals surface area contributed by atoms with Gasteiger partial charge in [0.2, 0.25) is 5.91 Å². The summed E-state index contributed by atoms with van der Waals surface area (Å²) in [5.74, 6) is 0.935. The molecule has 3 N–H and O–H groups in total. The van der Waals surface area contributed by atoms with E-state index in [0.29, 0.717) is 12.5 Å². The van der Waals surface area contributed by atoms with Crippen LogP contribution in [0.2, 0.25) is 0 Å². The summed E-state index contributed by atoms with van der Waals surface area (Å²) in [6.45, 7) is 4.17. The molecule has 3 atom stereocenters. The fourth-order valence-electron chi connectivity index (χ4n) is 2.21. The summed E-state index contributed by atoms with van der Waals surface area (Å²) in [6.07, 6.45) is 6.50. The Balaban J connectivity index is 2.28. The van der Waals surface area contributed by atoms with Crippen molar-refractivity contribution in [3.8, 4) is 0 Å². The van der Waals surface area contributed by atoms with E-state index >= 15 is 0 Å². The van der Waals surface area contributed by atoms with Gasteiger partial charge in [0.25, 0.3) is 0 Å². The average Bonchev–Trinajstić information content (AvgIpc) is 2.29. The Kier molecular flexibility index (Phi) is 5.09. The number of rotatable bonds is 3. The van der Waals surface area contributed by atoms with Gasteiger partial charge in [0.05, 0.1) is 0 Å². The molecule has 1 amide bonds. The SMILES string of the molecule is CC(N)CC(=O)NC1CCCC(C)CC1. The Hall–Kier alpha value is -0.570. The summed E-state index contributed by atoms with van der Waals surface area (Å²) < 4.78 is 0. The van der Waals surface area contributed by atoms with E-state index in [-0.39, 0.29) is 11.9 Å². The number of nitrogens with one attached hydrogen (secondary N) is 1. The molecular weight excluding hydrogens is 188 g/mol. The molecule has 1 rings (SSSR count). The van der Waals surface area contributed by atoms with Crippen molar-refractivity contribution in [1.29, 1.82) is 0 Å². The van der Waals surface area contributed by atoms with Gasteiger partial charge in [0, 0.05) is 18.5 Å². The average molecular weight is 212 g/mol. The topological polar surface area (TPSA) is 55.1 Å². The van der Waals surface area contributed by atoms with E-state index in [0.717, 1.165) is 18.8 Å². The predicted octanol–water partition coefficient (Wildman–Crippen LogP) is 1.81. The van der Waals surface area contributed by atoms with E-state index in [1.54, 1.807) is 0 Å². The fourth-order valence-corrected chi connectivity index (χ4v) is 2.21. The first-order valence-electron chi connectivity index (χ1n) is 6.13. The van der Waals surface area contributed by atoms with Crippen LogP contribution in [0.25, 0.3) is 0 Å². The molecule has 1 fully saturated rings. The van der Waals surface area contributed by atoms with Gasteiger partial charge in [-0.25, -0.2) is 0 Å². The molecule has 0 aromatic carbocycles. The van der Waals surface area contributed by atoms with Crippen LogP contribution in [0.3, 0.4) is 0 Å². The van der Waals surface area contributed by atoms with E-state index in [4.69, 9.17) is 5.73 Å². The van der Waals surface area contributed by atoms with E-state index < -0.39 is 0 Å². The second kappa shape index (κ2) is 6.11. The molecule has 0 heterocycles. The zero-order valence-electron chi connectivity index (χ0n) is 9.96. The lowest BCUT2D eigenvalue weighted by molar-refractivity contribution is -0.122. The summed E-state index contributed by atoms with van der Waals surface area (Å²) in [6, 6.07) is 0.357. The van der Waals surface area contributed by atoms with Crippen molar-refractivity contribution in [2.45, 2.75) is 64.5 Å². The summed E-state index contributed by atoms with van der Waals surface area (Å²) in [7, 11) is 0. The van der Waals surface area contributed by atoms with Crippen LogP contribution in [-0.2, 0) is 4.79 Å². The maximum atomic E-state index is 11.5. The Bertz CT molecular complexity index is 204. The standard InChI is InChI=1S/C12H24N2O/c1-9-4-3-5-11(7-6-9)14-12(15)8-10(2)13/h9-11H,3-8,13H2,1-2H3,(H,14,15). The van der Waals surface area contributed by atoms with Crippen LogP contribution in [0.15, 0.2) is 0 Å². The zero-order valence-corrected chi connectivity index (χ0v) is 9.96. The van der Waals surface area contributed by atoms with Gasteiger partial charge in [-0.3, -0.25) is 4.79 Å². The van der Waals surface area contributed by atoms with Crippen molar-refractivity contribution in [3.05, 3.63) is 0 Å². The molecule has 3 unspecified atom stereocenters. The molecule has 0 radical (unpaired) electrons. The quantitative estimate of drug-likeness (QED) is 0.701. The van der Waals surface area contributed by atoms with Crippen LogP contribution in [0.5, 0.6) is 0 Å². The maximum Gasteiger partial charge on any atom is 0.221 e. The van der Waals surface area contributed by atoms with Crippen LogP contribution in [0, 0.1) is 5.92 Å². The predicted molar refractivity (Wildman–Crippen MR) is 62.4 cm³/mol. The second-order valence-electron chi connectivity index (χ2n) is 5.06. The molecule has 3 nitrogen and oxygen atoms in total. The zero-order chi connectivity index (χ0) is 11.3. The van der Waals surface area contributed by atoms with E-state index in [1.807, 2.05) is 6.92 Å². The van der Waals surface area contributed by atoms with Crippen molar-refractivity contribution < 1.29 is 4.79 Å². The Morgan fingerprint density at radius 1 is 1.40 bits per heavy atom.